The highest BCUT2D eigenvalue weighted by Gasteiger charge is 2.52. The van der Waals surface area contributed by atoms with E-state index >= 15 is 0 Å². The van der Waals surface area contributed by atoms with E-state index in [9.17, 15) is 9.18 Å². The molecule has 1 aromatic carbocycles. The topological polar surface area (TPSA) is 47.6 Å². The highest BCUT2D eigenvalue weighted by atomic mass is 19.1. The molecule has 108 valence electrons. The van der Waals surface area contributed by atoms with E-state index in [2.05, 4.69) is 5.32 Å². The van der Waals surface area contributed by atoms with E-state index in [-0.39, 0.29) is 5.91 Å². The number of carbonyl (C=O) groups is 1. The van der Waals surface area contributed by atoms with Crippen molar-refractivity contribution in [1.82, 2.24) is 0 Å². The summed E-state index contributed by atoms with van der Waals surface area (Å²) < 4.78 is 25.2. The number of nitrogens with one attached hydrogen (secondary N) is 1. The van der Waals surface area contributed by atoms with Crippen molar-refractivity contribution in [2.24, 2.45) is 0 Å². The summed E-state index contributed by atoms with van der Waals surface area (Å²) in [6.07, 6.45) is 0. The van der Waals surface area contributed by atoms with E-state index in [0.29, 0.717) is 11.2 Å². The minimum atomic E-state index is -0.637. The monoisotopic (exact) mass is 279 g/mol. The lowest BCUT2D eigenvalue weighted by Crippen LogP contribution is -2.41. The molecule has 20 heavy (non-hydrogen) atoms. The summed E-state index contributed by atoms with van der Waals surface area (Å²) in [4.78, 5) is 11.2. The summed E-state index contributed by atoms with van der Waals surface area (Å²) in [5, 5.41) is 2.61. The maximum atomic E-state index is 13.4. The van der Waals surface area contributed by atoms with Gasteiger partial charge >= 0.3 is 7.12 Å². The Balaban J connectivity index is 2.37. The third kappa shape index (κ3) is 2.71. The maximum absolute atomic E-state index is 13.4. The highest BCUT2D eigenvalue weighted by molar-refractivity contribution is 6.64. The Bertz CT molecular complexity index is 529. The number of hydrogen-bond donors (Lipinski definition) is 1. The first-order chi connectivity index (χ1) is 9.12. The minimum absolute atomic E-state index is 0.270. The molecule has 1 aliphatic heterocycles. The Hall–Kier alpha value is -1.40. The Kier molecular flexibility index (Phi) is 3.65. The molecule has 0 radical (unpaired) electrons. The summed E-state index contributed by atoms with van der Waals surface area (Å²) in [6.45, 7) is 9.13. The molecule has 0 aromatic heterocycles. The van der Waals surface area contributed by atoms with Crippen LogP contribution in [0.2, 0.25) is 0 Å². The van der Waals surface area contributed by atoms with E-state index in [0.717, 1.165) is 0 Å². The fourth-order valence-corrected chi connectivity index (χ4v) is 2.00. The molecule has 1 amide bonds. The predicted octanol–water partition coefficient (Wildman–Crippen LogP) is 2.08. The van der Waals surface area contributed by atoms with Crippen molar-refractivity contribution in [3.8, 4) is 0 Å². The molecule has 2 rings (SSSR count). The second-order valence-corrected chi connectivity index (χ2v) is 6.00. The summed E-state index contributed by atoms with van der Waals surface area (Å²) in [7, 11) is -0.637. The zero-order chi connectivity index (χ0) is 15.1. The van der Waals surface area contributed by atoms with Crippen LogP contribution in [0.5, 0.6) is 0 Å². The van der Waals surface area contributed by atoms with Crippen molar-refractivity contribution in [3.63, 3.8) is 0 Å². The van der Waals surface area contributed by atoms with Gasteiger partial charge in [-0.1, -0.05) is 6.07 Å². The van der Waals surface area contributed by atoms with Crippen LogP contribution in [-0.4, -0.2) is 24.2 Å². The molecule has 4 nitrogen and oxygen atoms in total. The first-order valence-corrected chi connectivity index (χ1v) is 6.55. The molecule has 1 N–H and O–H groups in total. The Morgan fingerprint density at radius 3 is 2.25 bits per heavy atom. The van der Waals surface area contributed by atoms with Crippen molar-refractivity contribution in [2.75, 3.05) is 5.32 Å². The smallest absolute Gasteiger partial charge is 0.399 e. The predicted molar refractivity (Wildman–Crippen MR) is 76.4 cm³/mol. The quantitative estimate of drug-likeness (QED) is 0.843. The number of hydrogen-bond acceptors (Lipinski definition) is 3. The summed E-state index contributed by atoms with van der Waals surface area (Å²) in [5.74, 6) is -0.692. The van der Waals surface area contributed by atoms with E-state index in [4.69, 9.17) is 9.31 Å². The summed E-state index contributed by atoms with van der Waals surface area (Å²) >= 11 is 0. The van der Waals surface area contributed by atoms with Gasteiger partial charge in [0.15, 0.2) is 0 Å². The van der Waals surface area contributed by atoms with Crippen LogP contribution in [0, 0.1) is 5.82 Å². The minimum Gasteiger partial charge on any atom is -0.399 e. The lowest BCUT2D eigenvalue weighted by Gasteiger charge is -2.32. The van der Waals surface area contributed by atoms with Crippen LogP contribution in [0.4, 0.5) is 10.1 Å². The van der Waals surface area contributed by atoms with Gasteiger partial charge in [0.1, 0.15) is 5.82 Å². The second-order valence-electron chi connectivity index (χ2n) is 6.00. The van der Waals surface area contributed by atoms with Crippen LogP contribution in [-0.2, 0) is 14.1 Å². The van der Waals surface area contributed by atoms with Gasteiger partial charge in [-0.15, -0.1) is 0 Å². The van der Waals surface area contributed by atoms with Gasteiger partial charge in [0.2, 0.25) is 5.91 Å². The number of carbonyl (C=O) groups excluding carboxylic acids is 1. The molecule has 0 saturated carbocycles. The van der Waals surface area contributed by atoms with Crippen LogP contribution in [0.1, 0.15) is 34.6 Å². The Morgan fingerprint density at radius 2 is 1.75 bits per heavy atom. The fourth-order valence-electron chi connectivity index (χ4n) is 2.00. The summed E-state index contributed by atoms with van der Waals surface area (Å²) in [5.41, 5.74) is 0.00952. The number of halogens is 1. The highest BCUT2D eigenvalue weighted by Crippen LogP contribution is 2.37. The van der Waals surface area contributed by atoms with Crippen molar-refractivity contribution >= 4 is 24.2 Å². The van der Waals surface area contributed by atoms with Gasteiger partial charge in [0, 0.05) is 18.1 Å². The third-order valence-corrected chi connectivity index (χ3v) is 3.83. The first kappa shape index (κ1) is 15.0. The van der Waals surface area contributed by atoms with E-state index < -0.39 is 24.1 Å². The molecule has 0 unspecified atom stereocenters. The molecule has 0 spiro atoms. The zero-order valence-corrected chi connectivity index (χ0v) is 12.4. The summed E-state index contributed by atoms with van der Waals surface area (Å²) in [6, 6.07) is 4.16. The molecule has 1 fully saturated rings. The maximum Gasteiger partial charge on any atom is 0.496 e. The molecule has 0 aliphatic carbocycles. The second kappa shape index (κ2) is 4.86. The molecule has 1 aliphatic rings. The van der Waals surface area contributed by atoms with E-state index in [1.807, 2.05) is 27.7 Å². The average molecular weight is 279 g/mol. The van der Waals surface area contributed by atoms with Crippen molar-refractivity contribution < 1.29 is 18.5 Å². The van der Waals surface area contributed by atoms with Crippen molar-refractivity contribution in [3.05, 3.63) is 24.0 Å². The molecule has 1 aromatic rings. The van der Waals surface area contributed by atoms with Crippen LogP contribution < -0.4 is 10.8 Å². The first-order valence-electron chi connectivity index (χ1n) is 6.55. The van der Waals surface area contributed by atoms with Crippen LogP contribution >= 0.6 is 0 Å². The SMILES string of the molecule is CC(=O)Nc1cc(F)ccc1B1OC(C)(C)C(C)(C)O1. The van der Waals surface area contributed by atoms with E-state index in [1.165, 1.54) is 19.1 Å². The number of anilines is 1. The molecular formula is C14H19BFNO3. The molecule has 1 saturated heterocycles. The molecular weight excluding hydrogens is 260 g/mol. The van der Waals surface area contributed by atoms with Gasteiger partial charge in [-0.25, -0.2) is 4.39 Å². The molecule has 6 heteroatoms. The number of rotatable bonds is 2. The number of benzene rings is 1. The normalized spacial score (nSPS) is 20.0. The lowest BCUT2D eigenvalue weighted by molar-refractivity contribution is -0.114. The standard InChI is InChI=1S/C14H19BFNO3/c1-9(18)17-12-8-10(16)6-7-11(12)15-19-13(2,3)14(4,5)20-15/h6-8H,1-5H3,(H,17,18). The van der Waals surface area contributed by atoms with Gasteiger partial charge in [-0.3, -0.25) is 4.79 Å². The number of amides is 1. The van der Waals surface area contributed by atoms with Gasteiger partial charge in [-0.05, 0) is 39.8 Å². The molecule has 1 heterocycles. The largest absolute Gasteiger partial charge is 0.496 e. The Morgan fingerprint density at radius 1 is 1.20 bits per heavy atom. The Labute approximate surface area is 118 Å². The van der Waals surface area contributed by atoms with Crippen molar-refractivity contribution in [2.45, 2.75) is 45.8 Å². The van der Waals surface area contributed by atoms with Crippen LogP contribution in [0.15, 0.2) is 18.2 Å². The lowest BCUT2D eigenvalue weighted by atomic mass is 9.77. The van der Waals surface area contributed by atoms with Gasteiger partial charge in [-0.2, -0.15) is 0 Å². The van der Waals surface area contributed by atoms with Gasteiger partial charge in [0.25, 0.3) is 0 Å². The van der Waals surface area contributed by atoms with E-state index in [1.54, 1.807) is 6.07 Å². The van der Waals surface area contributed by atoms with Gasteiger partial charge in [0.05, 0.1) is 11.2 Å². The molecule has 0 atom stereocenters. The van der Waals surface area contributed by atoms with Crippen LogP contribution in [0.3, 0.4) is 0 Å². The molecule has 0 bridgehead atoms. The fraction of sp³-hybridized carbons (Fsp3) is 0.500. The zero-order valence-electron chi connectivity index (χ0n) is 12.4. The average Bonchev–Trinajstić information content (AvgIpc) is 2.46. The van der Waals surface area contributed by atoms with Gasteiger partial charge < -0.3 is 14.6 Å². The van der Waals surface area contributed by atoms with Crippen molar-refractivity contribution in [1.29, 1.82) is 0 Å². The third-order valence-electron chi connectivity index (χ3n) is 3.83. The van der Waals surface area contributed by atoms with Crippen LogP contribution in [0.25, 0.3) is 0 Å².